The molecule has 2 N–H and O–H groups in total. The Kier molecular flexibility index (Phi) is 8.45. The fraction of sp³-hybridized carbons (Fsp3) is 0.227. The Morgan fingerprint density at radius 2 is 1.60 bits per heavy atom. The number of hydrogen-bond donors (Lipinski definition) is 2. The van der Waals surface area contributed by atoms with Crippen LogP contribution in [0.2, 0.25) is 10.0 Å². The maximum atomic E-state index is 12.5. The highest BCUT2D eigenvalue weighted by Gasteiger charge is 2.23. The van der Waals surface area contributed by atoms with Crippen LogP contribution < -0.4 is 10.6 Å². The lowest BCUT2D eigenvalue weighted by Gasteiger charge is -2.16. The lowest BCUT2D eigenvalue weighted by molar-refractivity contribution is -0.142. The summed E-state index contributed by atoms with van der Waals surface area (Å²) in [5, 5.41) is 5.67. The third-order valence-corrected chi connectivity index (χ3v) is 4.98. The third kappa shape index (κ3) is 6.08. The zero-order valence-electron chi connectivity index (χ0n) is 16.8. The minimum absolute atomic E-state index is 0.0423. The van der Waals surface area contributed by atoms with Crippen molar-refractivity contribution in [2.45, 2.75) is 26.3 Å². The molecule has 0 aliphatic heterocycles. The molecule has 0 bridgehead atoms. The molecule has 0 saturated carbocycles. The number of rotatable bonds is 7. The van der Waals surface area contributed by atoms with E-state index in [1.54, 1.807) is 6.07 Å². The zero-order chi connectivity index (χ0) is 22.3. The van der Waals surface area contributed by atoms with Crippen LogP contribution in [-0.4, -0.2) is 30.9 Å². The molecule has 0 saturated heterocycles. The van der Waals surface area contributed by atoms with Crippen LogP contribution in [0.3, 0.4) is 0 Å². The van der Waals surface area contributed by atoms with Gasteiger partial charge in [-0.2, -0.15) is 0 Å². The molecular weight excluding hydrogens is 427 g/mol. The number of aryl methyl sites for hydroxylation is 2. The van der Waals surface area contributed by atoms with Gasteiger partial charge < -0.3 is 15.4 Å². The standard InChI is InChI=1S/C22H22Cl2N2O4/c1-13-7-4-8-14(2)20(13)26-18(27)12-6-11-17(22(29)30-3)25-21(28)19-15(23)9-5-10-16(19)24/h4-10,12,17H,11H2,1-3H3,(H,25,28)(H,26,27)/t17-/m0/s1. The summed E-state index contributed by atoms with van der Waals surface area (Å²) < 4.78 is 4.74. The SMILES string of the molecule is COC(=O)[C@H](CC=CC(=O)Nc1c(C)cccc1C)NC(=O)c1c(Cl)cccc1Cl. The van der Waals surface area contributed by atoms with Crippen LogP contribution >= 0.6 is 23.2 Å². The number of benzene rings is 2. The van der Waals surface area contributed by atoms with E-state index in [4.69, 9.17) is 27.9 Å². The lowest BCUT2D eigenvalue weighted by atomic mass is 10.1. The average molecular weight is 449 g/mol. The molecule has 2 rings (SSSR count). The van der Waals surface area contributed by atoms with Crippen molar-refractivity contribution in [1.82, 2.24) is 5.32 Å². The smallest absolute Gasteiger partial charge is 0.328 e. The highest BCUT2D eigenvalue weighted by molar-refractivity contribution is 6.39. The summed E-state index contributed by atoms with van der Waals surface area (Å²) in [6.07, 6.45) is 2.83. The summed E-state index contributed by atoms with van der Waals surface area (Å²) in [6, 6.07) is 9.34. The predicted molar refractivity (Wildman–Crippen MR) is 118 cm³/mol. The maximum Gasteiger partial charge on any atom is 0.328 e. The lowest BCUT2D eigenvalue weighted by Crippen LogP contribution is -2.41. The summed E-state index contributed by atoms with van der Waals surface area (Å²) in [5.74, 6) is -1.63. The molecule has 0 spiro atoms. The predicted octanol–water partition coefficient (Wildman–Crippen LogP) is 4.47. The number of anilines is 1. The molecule has 0 fully saturated rings. The summed E-state index contributed by atoms with van der Waals surface area (Å²) in [5.41, 5.74) is 2.67. The summed E-state index contributed by atoms with van der Waals surface area (Å²) in [6.45, 7) is 3.80. The second kappa shape index (κ2) is 10.8. The van der Waals surface area contributed by atoms with Crippen LogP contribution in [0, 0.1) is 13.8 Å². The topological polar surface area (TPSA) is 84.5 Å². The second-order valence-corrected chi connectivity index (χ2v) is 7.35. The molecule has 0 aliphatic carbocycles. The Bertz CT molecular complexity index is 949. The van der Waals surface area contributed by atoms with E-state index in [1.807, 2.05) is 32.0 Å². The number of methoxy groups -OCH3 is 1. The molecular formula is C22H22Cl2N2O4. The van der Waals surface area contributed by atoms with Crippen LogP contribution in [0.1, 0.15) is 27.9 Å². The van der Waals surface area contributed by atoms with E-state index in [1.165, 1.54) is 31.4 Å². The maximum absolute atomic E-state index is 12.5. The molecule has 2 aromatic carbocycles. The van der Waals surface area contributed by atoms with E-state index in [9.17, 15) is 14.4 Å². The number of halogens is 2. The first-order valence-corrected chi connectivity index (χ1v) is 9.86. The number of nitrogens with one attached hydrogen (secondary N) is 2. The fourth-order valence-electron chi connectivity index (χ4n) is 2.79. The second-order valence-electron chi connectivity index (χ2n) is 6.54. The minimum atomic E-state index is -1.01. The van der Waals surface area contributed by atoms with E-state index < -0.39 is 17.9 Å². The number of para-hydroxylation sites is 1. The van der Waals surface area contributed by atoms with Crippen molar-refractivity contribution >= 4 is 46.7 Å². The molecule has 1 atom stereocenters. The van der Waals surface area contributed by atoms with Gasteiger partial charge in [0.2, 0.25) is 5.91 Å². The Hall–Kier alpha value is -2.83. The van der Waals surface area contributed by atoms with Gasteiger partial charge in [0, 0.05) is 5.69 Å². The number of amides is 2. The van der Waals surface area contributed by atoms with Crippen molar-refractivity contribution in [2.24, 2.45) is 0 Å². The number of carbonyl (C=O) groups excluding carboxylic acids is 3. The van der Waals surface area contributed by atoms with Gasteiger partial charge in [0.25, 0.3) is 5.91 Å². The van der Waals surface area contributed by atoms with Gasteiger partial charge in [0.05, 0.1) is 22.7 Å². The van der Waals surface area contributed by atoms with Crippen LogP contribution in [0.25, 0.3) is 0 Å². The summed E-state index contributed by atoms with van der Waals surface area (Å²) in [7, 11) is 1.21. The molecule has 6 nitrogen and oxygen atoms in total. The van der Waals surface area contributed by atoms with Gasteiger partial charge >= 0.3 is 5.97 Å². The van der Waals surface area contributed by atoms with Crippen molar-refractivity contribution in [3.05, 3.63) is 75.3 Å². The first kappa shape index (κ1) is 23.4. The Morgan fingerprint density at radius 3 is 2.17 bits per heavy atom. The highest BCUT2D eigenvalue weighted by atomic mass is 35.5. The van der Waals surface area contributed by atoms with Crippen molar-refractivity contribution in [1.29, 1.82) is 0 Å². The van der Waals surface area contributed by atoms with Crippen molar-refractivity contribution in [3.63, 3.8) is 0 Å². The van der Waals surface area contributed by atoms with Crippen LogP contribution in [-0.2, 0) is 14.3 Å². The molecule has 2 aromatic rings. The van der Waals surface area contributed by atoms with Gasteiger partial charge in [0.15, 0.2) is 0 Å². The van der Waals surface area contributed by atoms with Gasteiger partial charge in [-0.05, 0) is 49.6 Å². The number of ether oxygens (including phenoxy) is 1. The van der Waals surface area contributed by atoms with E-state index in [0.29, 0.717) is 0 Å². The van der Waals surface area contributed by atoms with Crippen molar-refractivity contribution in [3.8, 4) is 0 Å². The Morgan fingerprint density at radius 1 is 1.03 bits per heavy atom. The first-order valence-electron chi connectivity index (χ1n) is 9.11. The van der Waals surface area contributed by atoms with Gasteiger partial charge in [-0.3, -0.25) is 9.59 Å². The molecule has 0 aromatic heterocycles. The monoisotopic (exact) mass is 448 g/mol. The van der Waals surface area contributed by atoms with Crippen molar-refractivity contribution < 1.29 is 19.1 Å². The van der Waals surface area contributed by atoms with E-state index in [0.717, 1.165) is 16.8 Å². The minimum Gasteiger partial charge on any atom is -0.467 e. The molecule has 0 heterocycles. The zero-order valence-corrected chi connectivity index (χ0v) is 18.3. The van der Waals surface area contributed by atoms with Gasteiger partial charge in [-0.1, -0.05) is 53.5 Å². The fourth-order valence-corrected chi connectivity index (χ4v) is 3.36. The van der Waals surface area contributed by atoms with Gasteiger partial charge in [0.1, 0.15) is 6.04 Å². The summed E-state index contributed by atoms with van der Waals surface area (Å²) >= 11 is 12.1. The van der Waals surface area contributed by atoms with E-state index in [2.05, 4.69) is 10.6 Å². The van der Waals surface area contributed by atoms with Crippen LogP contribution in [0.4, 0.5) is 5.69 Å². The molecule has 0 radical (unpaired) electrons. The quantitative estimate of drug-likeness (QED) is 0.483. The van der Waals surface area contributed by atoms with E-state index in [-0.39, 0.29) is 27.9 Å². The third-order valence-electron chi connectivity index (χ3n) is 4.35. The molecule has 158 valence electrons. The normalized spacial score (nSPS) is 11.8. The highest BCUT2D eigenvalue weighted by Crippen LogP contribution is 2.24. The molecule has 8 heteroatoms. The number of hydrogen-bond acceptors (Lipinski definition) is 4. The van der Waals surface area contributed by atoms with Gasteiger partial charge in [-0.25, -0.2) is 4.79 Å². The number of carbonyl (C=O) groups is 3. The van der Waals surface area contributed by atoms with Crippen molar-refractivity contribution in [2.75, 3.05) is 12.4 Å². The molecule has 0 unspecified atom stereocenters. The number of esters is 1. The average Bonchev–Trinajstić information content (AvgIpc) is 2.69. The first-order chi connectivity index (χ1) is 14.2. The van der Waals surface area contributed by atoms with E-state index >= 15 is 0 Å². The molecule has 30 heavy (non-hydrogen) atoms. The molecule has 0 aliphatic rings. The van der Waals surface area contributed by atoms with Gasteiger partial charge in [-0.15, -0.1) is 0 Å². The Balaban J connectivity index is 2.07. The largest absolute Gasteiger partial charge is 0.467 e. The van der Waals surface area contributed by atoms with Crippen LogP contribution in [0.15, 0.2) is 48.6 Å². The molecule has 2 amide bonds. The summed E-state index contributed by atoms with van der Waals surface area (Å²) in [4.78, 5) is 36.8. The van der Waals surface area contributed by atoms with Crippen LogP contribution in [0.5, 0.6) is 0 Å². The Labute approximate surface area is 185 Å².